The Hall–Kier alpha value is -0.460. The maximum absolute atomic E-state index is 6.72. The Bertz CT molecular complexity index is 379. The summed E-state index contributed by atoms with van der Waals surface area (Å²) in [5.74, 6) is 0.361. The molecule has 2 bridgehead atoms. The second-order valence-electron chi connectivity index (χ2n) is 4.75. The molecule has 0 N–H and O–H groups in total. The fourth-order valence-electron chi connectivity index (χ4n) is 2.85. The van der Waals surface area contributed by atoms with E-state index in [1.807, 2.05) is 6.66 Å². The van der Waals surface area contributed by atoms with Crippen molar-refractivity contribution in [3.8, 4) is 0 Å². The van der Waals surface area contributed by atoms with Crippen LogP contribution in [-0.2, 0) is 13.8 Å². The van der Waals surface area contributed by atoms with Gasteiger partial charge in [0.05, 0.1) is 6.61 Å². The molecule has 5 heteroatoms. The molecule has 1 heterocycles. The number of hydrogen-bond acceptors (Lipinski definition) is 3. The molecule has 0 amide bonds. The van der Waals surface area contributed by atoms with Crippen LogP contribution >= 0.6 is 8.38 Å². The molecule has 1 saturated heterocycles. The van der Waals surface area contributed by atoms with Crippen molar-refractivity contribution in [1.82, 2.24) is 0 Å². The van der Waals surface area contributed by atoms with Crippen molar-refractivity contribution in [3.63, 3.8) is 0 Å². The molecule has 1 aliphatic heterocycles. The van der Waals surface area contributed by atoms with Gasteiger partial charge >= 0.3 is 0 Å². The predicted molar refractivity (Wildman–Crippen MR) is 71.4 cm³/mol. The van der Waals surface area contributed by atoms with Gasteiger partial charge in [-0.05, 0) is 18.9 Å². The molecule has 0 radical (unpaired) electrons. The first-order chi connectivity index (χ1) is 8.64. The largest absolute Gasteiger partial charge is 0.367 e. The molecule has 18 heavy (non-hydrogen) atoms. The van der Waals surface area contributed by atoms with E-state index in [2.05, 4.69) is 24.8 Å². The molecule has 1 aliphatic carbocycles. The van der Waals surface area contributed by atoms with Gasteiger partial charge in [-0.15, -0.1) is 0 Å². The third-order valence-electron chi connectivity index (χ3n) is 3.78. The number of ether oxygens (including phenoxy) is 1. The quantitative estimate of drug-likeness (QED) is 0.321. The van der Waals surface area contributed by atoms with Crippen molar-refractivity contribution in [1.29, 1.82) is 0 Å². The van der Waals surface area contributed by atoms with Crippen LogP contribution in [0.4, 0.5) is 0 Å². The highest BCUT2D eigenvalue weighted by Gasteiger charge is 2.55. The van der Waals surface area contributed by atoms with Crippen LogP contribution in [0.15, 0.2) is 11.6 Å². The van der Waals surface area contributed by atoms with Crippen molar-refractivity contribution in [2.24, 2.45) is 5.92 Å². The molecule has 4 nitrogen and oxygen atoms in total. The monoisotopic (exact) mass is 269 g/mol. The zero-order chi connectivity index (χ0) is 13.2. The van der Waals surface area contributed by atoms with E-state index in [0.717, 1.165) is 13.0 Å². The lowest BCUT2D eigenvalue weighted by atomic mass is 9.91. The van der Waals surface area contributed by atoms with E-state index < -0.39 is 8.38 Å². The molecule has 100 valence electrons. The standard InChI is InChI=1S/C13H20NO3P/c1-5-13-10(2)8-11(9-15-13)12(13)17-18(4)16-7-6-14-3/h8,11-12H,5-7,9H2,1-2,4H3. The summed E-state index contributed by atoms with van der Waals surface area (Å²) in [5.41, 5.74) is 1.06. The number of rotatable bonds is 6. The van der Waals surface area contributed by atoms with E-state index in [-0.39, 0.29) is 11.7 Å². The van der Waals surface area contributed by atoms with Crippen LogP contribution in [0.1, 0.15) is 20.3 Å². The van der Waals surface area contributed by atoms with Crippen LogP contribution in [0.2, 0.25) is 0 Å². The van der Waals surface area contributed by atoms with Crippen LogP contribution < -0.4 is 0 Å². The number of nitrogens with zero attached hydrogens (tertiary/aromatic N) is 1. The SMILES string of the molecule is [C-]#[N+]CCOP(C)OC1C2C=C(C)C1(CC)OC2. The Morgan fingerprint density at radius 2 is 2.44 bits per heavy atom. The Morgan fingerprint density at radius 3 is 3.06 bits per heavy atom. The van der Waals surface area contributed by atoms with Gasteiger partial charge in [0.2, 0.25) is 6.54 Å². The van der Waals surface area contributed by atoms with Crippen LogP contribution in [0.25, 0.3) is 4.85 Å². The summed E-state index contributed by atoms with van der Waals surface area (Å²) in [6.07, 6.45) is 3.30. The number of hydrogen-bond donors (Lipinski definition) is 0. The third kappa shape index (κ3) is 2.33. The van der Waals surface area contributed by atoms with Crippen molar-refractivity contribution in [3.05, 3.63) is 23.1 Å². The lowest BCUT2D eigenvalue weighted by molar-refractivity contribution is -0.0202. The first kappa shape index (κ1) is 14.0. The van der Waals surface area contributed by atoms with E-state index in [1.165, 1.54) is 5.57 Å². The Kier molecular flexibility index (Phi) is 4.40. The van der Waals surface area contributed by atoms with Gasteiger partial charge < -0.3 is 18.6 Å². The molecule has 4 unspecified atom stereocenters. The molecule has 0 spiro atoms. The van der Waals surface area contributed by atoms with Crippen LogP contribution in [0.5, 0.6) is 0 Å². The summed E-state index contributed by atoms with van der Waals surface area (Å²) >= 11 is 0. The van der Waals surface area contributed by atoms with Crippen molar-refractivity contribution >= 4 is 8.38 Å². The highest BCUT2D eigenvalue weighted by Crippen LogP contribution is 2.52. The van der Waals surface area contributed by atoms with Gasteiger partial charge in [0.25, 0.3) is 0 Å². The van der Waals surface area contributed by atoms with Gasteiger partial charge in [0.15, 0.2) is 8.38 Å². The molecule has 2 aliphatic rings. The summed E-state index contributed by atoms with van der Waals surface area (Å²) in [6.45, 7) is 14.5. The molecule has 4 atom stereocenters. The average Bonchev–Trinajstić information content (AvgIpc) is 2.81. The molecule has 0 saturated carbocycles. The van der Waals surface area contributed by atoms with Crippen LogP contribution in [-0.4, -0.2) is 38.1 Å². The summed E-state index contributed by atoms with van der Waals surface area (Å²) in [4.78, 5) is 3.27. The highest BCUT2D eigenvalue weighted by molar-refractivity contribution is 7.46. The van der Waals surface area contributed by atoms with E-state index in [0.29, 0.717) is 19.1 Å². The normalized spacial score (nSPS) is 35.3. The molecular formula is C13H20NO3P. The Labute approximate surface area is 110 Å². The Balaban J connectivity index is 1.93. The van der Waals surface area contributed by atoms with Gasteiger partial charge in [0.1, 0.15) is 18.3 Å². The van der Waals surface area contributed by atoms with Crippen molar-refractivity contribution in [2.75, 3.05) is 26.4 Å². The van der Waals surface area contributed by atoms with Gasteiger partial charge in [0, 0.05) is 12.6 Å². The molecule has 0 aromatic rings. The molecule has 0 aromatic heterocycles. The Morgan fingerprint density at radius 1 is 1.67 bits per heavy atom. The third-order valence-corrected chi connectivity index (χ3v) is 4.85. The molecule has 1 fully saturated rings. The van der Waals surface area contributed by atoms with E-state index >= 15 is 0 Å². The van der Waals surface area contributed by atoms with Crippen LogP contribution in [0, 0.1) is 12.5 Å². The van der Waals surface area contributed by atoms with Gasteiger partial charge in [-0.1, -0.05) is 13.0 Å². The fourth-order valence-corrected chi connectivity index (χ4v) is 3.89. The average molecular weight is 269 g/mol. The molecular weight excluding hydrogens is 249 g/mol. The lowest BCUT2D eigenvalue weighted by Gasteiger charge is -2.32. The van der Waals surface area contributed by atoms with Crippen molar-refractivity contribution < 1.29 is 13.8 Å². The minimum Gasteiger partial charge on any atom is -0.367 e. The van der Waals surface area contributed by atoms with Gasteiger partial charge in [-0.25, -0.2) is 6.57 Å². The smallest absolute Gasteiger partial charge is 0.238 e. The minimum absolute atomic E-state index is 0.0894. The summed E-state index contributed by atoms with van der Waals surface area (Å²) < 4.78 is 17.6. The molecule has 0 aromatic carbocycles. The first-order valence-corrected chi connectivity index (χ1v) is 7.96. The molecule has 2 rings (SSSR count). The second kappa shape index (κ2) is 5.67. The van der Waals surface area contributed by atoms with E-state index in [9.17, 15) is 0 Å². The highest BCUT2D eigenvalue weighted by atomic mass is 31.2. The van der Waals surface area contributed by atoms with E-state index in [1.54, 1.807) is 0 Å². The maximum Gasteiger partial charge on any atom is 0.238 e. The fraction of sp³-hybridized carbons (Fsp3) is 0.769. The maximum atomic E-state index is 6.72. The van der Waals surface area contributed by atoms with Gasteiger partial charge in [-0.2, -0.15) is 0 Å². The topological polar surface area (TPSA) is 32.0 Å². The van der Waals surface area contributed by atoms with Crippen molar-refractivity contribution in [2.45, 2.75) is 32.0 Å². The first-order valence-electron chi connectivity index (χ1n) is 6.33. The lowest BCUT2D eigenvalue weighted by Crippen LogP contribution is -2.39. The van der Waals surface area contributed by atoms with Crippen LogP contribution in [0.3, 0.4) is 0 Å². The number of fused-ring (bicyclic) bond motifs is 2. The van der Waals surface area contributed by atoms with E-state index in [4.69, 9.17) is 20.4 Å². The summed E-state index contributed by atoms with van der Waals surface area (Å²) in [5, 5.41) is 0. The minimum atomic E-state index is -0.930. The zero-order valence-electron chi connectivity index (χ0n) is 11.2. The summed E-state index contributed by atoms with van der Waals surface area (Å²) in [7, 11) is -0.930. The predicted octanol–water partition coefficient (Wildman–Crippen LogP) is 3.00. The summed E-state index contributed by atoms with van der Waals surface area (Å²) in [6, 6.07) is 0. The second-order valence-corrected chi connectivity index (χ2v) is 6.10. The zero-order valence-corrected chi connectivity index (χ0v) is 12.1. The van der Waals surface area contributed by atoms with Gasteiger partial charge in [-0.3, -0.25) is 0 Å².